The van der Waals surface area contributed by atoms with Crippen LogP contribution in [0.25, 0.3) is 11.5 Å². The fraction of sp³-hybridized carbons (Fsp3) is 0.0833. The molecule has 11 heteroatoms. The van der Waals surface area contributed by atoms with Crippen LogP contribution in [-0.2, 0) is 16.4 Å². The number of hydrogen-bond acceptors (Lipinski definition) is 7. The second-order valence-electron chi connectivity index (χ2n) is 7.59. The molecule has 1 N–H and O–H groups in total. The first kappa shape index (κ1) is 22.3. The predicted molar refractivity (Wildman–Crippen MR) is 126 cm³/mol. The van der Waals surface area contributed by atoms with Gasteiger partial charge in [-0.3, -0.25) is 9.20 Å². The first-order valence-electron chi connectivity index (χ1n) is 10.5. The number of hydrogen-bond donors (Lipinski definition) is 1. The molecule has 0 fully saturated rings. The van der Waals surface area contributed by atoms with Gasteiger partial charge in [0.05, 0.1) is 23.3 Å². The molecular formula is C24H20N6O4S. The highest BCUT2D eigenvalue weighted by molar-refractivity contribution is 7.91. The Morgan fingerprint density at radius 1 is 1.06 bits per heavy atom. The lowest BCUT2D eigenvalue weighted by atomic mass is 10.2. The number of carbonyl (C=O) groups is 1. The summed E-state index contributed by atoms with van der Waals surface area (Å²) in [6.07, 6.45) is 9.80. The van der Waals surface area contributed by atoms with Gasteiger partial charge in [0.15, 0.2) is 0 Å². The number of carbonyl (C=O) groups excluding carboxylic acids is 1. The van der Waals surface area contributed by atoms with Crippen LogP contribution in [0.15, 0.2) is 95.5 Å². The number of sulfone groups is 1. The van der Waals surface area contributed by atoms with Gasteiger partial charge in [0.25, 0.3) is 5.91 Å². The smallest absolute Gasteiger partial charge is 0.254 e. The maximum absolute atomic E-state index is 13.3. The minimum Gasteiger partial charge on any atom is -0.495 e. The van der Waals surface area contributed by atoms with Crippen LogP contribution < -0.4 is 10.1 Å². The zero-order chi connectivity index (χ0) is 24.4. The van der Waals surface area contributed by atoms with E-state index in [9.17, 15) is 13.2 Å². The minimum atomic E-state index is -3.83. The average molecular weight is 489 g/mol. The van der Waals surface area contributed by atoms with Gasteiger partial charge in [-0.25, -0.2) is 23.1 Å². The van der Waals surface area contributed by atoms with E-state index in [2.05, 4.69) is 20.4 Å². The molecular weight excluding hydrogens is 468 g/mol. The van der Waals surface area contributed by atoms with Gasteiger partial charge in [0.2, 0.25) is 15.6 Å². The lowest BCUT2D eigenvalue weighted by Gasteiger charge is -2.12. The number of nitrogens with zero attached hydrogens (tertiary/aromatic N) is 5. The van der Waals surface area contributed by atoms with Crippen LogP contribution in [0.5, 0.6) is 5.75 Å². The molecule has 0 aliphatic heterocycles. The molecule has 0 saturated heterocycles. The van der Waals surface area contributed by atoms with Crippen molar-refractivity contribution in [3.05, 3.63) is 96.8 Å². The Hall–Kier alpha value is -4.51. The van der Waals surface area contributed by atoms with Crippen molar-refractivity contribution in [1.82, 2.24) is 29.5 Å². The molecule has 0 radical (unpaired) electrons. The Kier molecular flexibility index (Phi) is 5.75. The van der Waals surface area contributed by atoms with Gasteiger partial charge in [-0.2, -0.15) is 5.10 Å². The van der Waals surface area contributed by atoms with Gasteiger partial charge in [-0.1, -0.05) is 12.1 Å². The third kappa shape index (κ3) is 4.36. The zero-order valence-corrected chi connectivity index (χ0v) is 19.4. The Morgan fingerprint density at radius 3 is 2.63 bits per heavy atom. The molecule has 0 aliphatic rings. The van der Waals surface area contributed by atoms with Crippen molar-refractivity contribution in [2.24, 2.45) is 0 Å². The topological polar surface area (TPSA) is 120 Å². The zero-order valence-electron chi connectivity index (χ0n) is 18.6. The highest BCUT2D eigenvalue weighted by Crippen LogP contribution is 2.31. The van der Waals surface area contributed by atoms with Crippen LogP contribution in [0.4, 0.5) is 0 Å². The summed E-state index contributed by atoms with van der Waals surface area (Å²) < 4.78 is 35.2. The SMILES string of the molecule is COc1cc(-n2cccn2)ccc1S(=O)(=O)c1ccc(CNC(=O)c2cnc3nccn3c2)cc1. The standard InChI is InChI=1S/C24H20N6O4S/c1-34-21-13-19(30-11-2-9-28-30)5-8-22(21)35(32,33)20-6-3-17(4-7-20)14-26-23(31)18-15-27-24-25-10-12-29(24)16-18/h2-13,15-16H,14H2,1H3,(H,26,31). The molecule has 0 saturated carbocycles. The van der Waals surface area contributed by atoms with Gasteiger partial charge < -0.3 is 10.1 Å². The number of fused-ring (bicyclic) bond motifs is 1. The van der Waals surface area contributed by atoms with Gasteiger partial charge in [-0.05, 0) is 35.9 Å². The van der Waals surface area contributed by atoms with Crippen molar-refractivity contribution < 1.29 is 17.9 Å². The molecule has 2 aromatic carbocycles. The number of amides is 1. The largest absolute Gasteiger partial charge is 0.495 e. The minimum absolute atomic E-state index is 0.0550. The third-order valence-electron chi connectivity index (χ3n) is 5.40. The van der Waals surface area contributed by atoms with Gasteiger partial charge in [0.1, 0.15) is 10.6 Å². The molecule has 0 unspecified atom stereocenters. The van der Waals surface area contributed by atoms with Crippen LogP contribution in [0, 0.1) is 0 Å². The van der Waals surface area contributed by atoms with Crippen molar-refractivity contribution >= 4 is 21.5 Å². The highest BCUT2D eigenvalue weighted by Gasteiger charge is 2.23. The van der Waals surface area contributed by atoms with E-state index >= 15 is 0 Å². The normalized spacial score (nSPS) is 11.5. The van der Waals surface area contributed by atoms with E-state index in [1.807, 2.05) is 0 Å². The summed E-state index contributed by atoms with van der Waals surface area (Å²) in [7, 11) is -2.41. The summed E-state index contributed by atoms with van der Waals surface area (Å²) >= 11 is 0. The molecule has 35 heavy (non-hydrogen) atoms. The number of ether oxygens (including phenoxy) is 1. The molecule has 10 nitrogen and oxygen atoms in total. The first-order valence-corrected chi connectivity index (χ1v) is 12.0. The lowest BCUT2D eigenvalue weighted by Crippen LogP contribution is -2.23. The van der Waals surface area contributed by atoms with Crippen LogP contribution in [0.3, 0.4) is 0 Å². The molecule has 0 atom stereocenters. The van der Waals surface area contributed by atoms with E-state index in [-0.39, 0.29) is 28.0 Å². The summed E-state index contributed by atoms with van der Waals surface area (Å²) in [6, 6.07) is 12.9. The van der Waals surface area contributed by atoms with Crippen LogP contribution >= 0.6 is 0 Å². The number of imidazole rings is 1. The van der Waals surface area contributed by atoms with E-state index in [1.165, 1.54) is 31.5 Å². The van der Waals surface area contributed by atoms with Crippen molar-refractivity contribution in [1.29, 1.82) is 0 Å². The Morgan fingerprint density at radius 2 is 1.89 bits per heavy atom. The third-order valence-corrected chi connectivity index (χ3v) is 7.21. The number of benzene rings is 2. The lowest BCUT2D eigenvalue weighted by molar-refractivity contribution is 0.0950. The van der Waals surface area contributed by atoms with Crippen LogP contribution in [-0.4, -0.2) is 45.6 Å². The molecule has 3 aromatic heterocycles. The summed E-state index contributed by atoms with van der Waals surface area (Å²) in [4.78, 5) is 20.8. The Balaban J connectivity index is 1.31. The highest BCUT2D eigenvalue weighted by atomic mass is 32.2. The molecule has 5 rings (SSSR count). The van der Waals surface area contributed by atoms with Gasteiger partial charge >= 0.3 is 0 Å². The second kappa shape index (κ2) is 9.03. The molecule has 5 aromatic rings. The number of nitrogens with one attached hydrogen (secondary N) is 1. The molecule has 176 valence electrons. The van der Waals surface area contributed by atoms with Crippen molar-refractivity contribution in [3.63, 3.8) is 0 Å². The van der Waals surface area contributed by atoms with Crippen molar-refractivity contribution in [3.8, 4) is 11.4 Å². The van der Waals surface area contributed by atoms with Crippen LogP contribution in [0.2, 0.25) is 0 Å². The maximum Gasteiger partial charge on any atom is 0.254 e. The average Bonchev–Trinajstić information content (AvgIpc) is 3.59. The molecule has 0 spiro atoms. The monoisotopic (exact) mass is 488 g/mol. The van der Waals surface area contributed by atoms with E-state index in [1.54, 1.807) is 70.4 Å². The summed E-state index contributed by atoms with van der Waals surface area (Å²) in [5.41, 5.74) is 1.81. The summed E-state index contributed by atoms with van der Waals surface area (Å²) in [5.74, 6) is 0.427. The van der Waals surface area contributed by atoms with E-state index < -0.39 is 9.84 Å². The Bertz CT molecular complexity index is 1610. The number of aromatic nitrogens is 5. The van der Waals surface area contributed by atoms with Crippen molar-refractivity contribution in [2.75, 3.05) is 7.11 Å². The van der Waals surface area contributed by atoms with E-state index in [4.69, 9.17) is 4.74 Å². The summed E-state index contributed by atoms with van der Waals surface area (Å²) in [6.45, 7) is 0.225. The first-order chi connectivity index (χ1) is 17.0. The Labute approximate surface area is 200 Å². The van der Waals surface area contributed by atoms with Gasteiger partial charge in [-0.15, -0.1) is 0 Å². The van der Waals surface area contributed by atoms with E-state index in [0.29, 0.717) is 17.0 Å². The van der Waals surface area contributed by atoms with E-state index in [0.717, 1.165) is 5.56 Å². The molecule has 1 amide bonds. The second-order valence-corrected chi connectivity index (χ2v) is 9.51. The number of rotatable bonds is 7. The van der Waals surface area contributed by atoms with Crippen LogP contribution in [0.1, 0.15) is 15.9 Å². The molecule has 3 heterocycles. The summed E-state index contributed by atoms with van der Waals surface area (Å²) in [5, 5.41) is 6.97. The fourth-order valence-corrected chi connectivity index (χ4v) is 4.98. The predicted octanol–water partition coefficient (Wildman–Crippen LogP) is 2.69. The quantitative estimate of drug-likeness (QED) is 0.374. The van der Waals surface area contributed by atoms with Gasteiger partial charge in [0, 0.05) is 49.8 Å². The maximum atomic E-state index is 13.3. The van der Waals surface area contributed by atoms with Crippen molar-refractivity contribution in [2.45, 2.75) is 16.3 Å². The fourth-order valence-electron chi connectivity index (χ4n) is 3.57. The molecule has 0 aliphatic carbocycles. The number of methoxy groups -OCH3 is 1. The molecule has 0 bridgehead atoms.